The highest BCUT2D eigenvalue weighted by molar-refractivity contribution is 6.10. The zero-order valence-electron chi connectivity index (χ0n) is 33.6. The van der Waals surface area contributed by atoms with Crippen LogP contribution < -0.4 is 4.57 Å². The highest BCUT2D eigenvalue weighted by Gasteiger charge is 2.49. The van der Waals surface area contributed by atoms with Crippen LogP contribution in [-0.2, 0) is 12.5 Å². The Morgan fingerprint density at radius 3 is 2.60 bits per heavy atom. The molecule has 2 unspecified atom stereocenters. The summed E-state index contributed by atoms with van der Waals surface area (Å²) in [5, 5.41) is 1.02. The lowest BCUT2D eigenvalue weighted by atomic mass is 9.64. The number of hydrogen-bond acceptors (Lipinski definition) is 2. The normalized spacial score (nSPS) is 26.4. The number of furan rings is 1. The topological polar surface area (TPSA) is 29.9 Å². The van der Waals surface area contributed by atoms with Crippen molar-refractivity contribution in [3.8, 4) is 22.4 Å². The molecule has 1 aliphatic rings. The van der Waals surface area contributed by atoms with Crippen LogP contribution in [0.5, 0.6) is 0 Å². The fourth-order valence-corrected chi connectivity index (χ4v) is 5.53. The van der Waals surface area contributed by atoms with Gasteiger partial charge in [0.1, 0.15) is 7.05 Å². The van der Waals surface area contributed by atoms with Crippen LogP contribution >= 0.6 is 0 Å². The Balaban J connectivity index is 1.78. The van der Waals surface area contributed by atoms with Crippen molar-refractivity contribution in [3.63, 3.8) is 0 Å². The Hall–Kier alpha value is -3.46. The first-order chi connectivity index (χ1) is 22.3. The lowest BCUT2D eigenvalue weighted by Crippen LogP contribution is -2.38. The summed E-state index contributed by atoms with van der Waals surface area (Å²) in [5.41, 5.74) is -0.491. The molecule has 0 aliphatic heterocycles. The monoisotopic (exact) mass is 475 g/mol. The molecule has 6 rings (SSSR count). The quantitative estimate of drug-likeness (QED) is 0.251. The molecule has 0 N–H and O–H groups in total. The van der Waals surface area contributed by atoms with Gasteiger partial charge in [0.15, 0.2) is 11.8 Å². The minimum Gasteiger partial charge on any atom is -0.437 e. The number of rotatable bonds is 3. The first-order valence-corrected chi connectivity index (χ1v) is 11.3. The number of aromatic nitrogens is 2. The van der Waals surface area contributed by atoms with Gasteiger partial charge in [0.05, 0.1) is 11.3 Å². The molecule has 0 radical (unpaired) electrons. The predicted octanol–water partition coefficient (Wildman–Crippen LogP) is 7.67. The second-order valence-corrected chi connectivity index (χ2v) is 9.18. The molecule has 2 aromatic carbocycles. The summed E-state index contributed by atoms with van der Waals surface area (Å²) in [4.78, 5) is 4.73. The van der Waals surface area contributed by atoms with Gasteiger partial charge in [-0.2, -0.15) is 0 Å². The molecular weight excluding hydrogens is 428 g/mol. The lowest BCUT2D eigenvalue weighted by molar-refractivity contribution is -0.660. The molecule has 0 saturated carbocycles. The van der Waals surface area contributed by atoms with Gasteiger partial charge >= 0.3 is 0 Å². The van der Waals surface area contributed by atoms with Crippen LogP contribution in [0, 0.1) is 25.6 Å². The smallest absolute Gasteiger partial charge is 0.227 e. The maximum atomic E-state index is 9.53. The average Bonchev–Trinajstić information content (AvgIpc) is 3.47. The number of benzene rings is 2. The van der Waals surface area contributed by atoms with E-state index >= 15 is 0 Å². The molecule has 35 heavy (non-hydrogen) atoms. The maximum absolute atomic E-state index is 9.53. The average molecular weight is 476 g/mol. The van der Waals surface area contributed by atoms with Crippen molar-refractivity contribution in [2.45, 2.75) is 46.7 Å². The van der Waals surface area contributed by atoms with E-state index in [0.717, 1.165) is 12.5 Å². The summed E-state index contributed by atoms with van der Waals surface area (Å²) in [5.74, 6) is -6.50. The minimum absolute atomic E-state index is 0.0840. The van der Waals surface area contributed by atoms with E-state index in [1.807, 2.05) is 13.0 Å². The highest BCUT2D eigenvalue weighted by atomic mass is 16.3. The van der Waals surface area contributed by atoms with Gasteiger partial charge < -0.3 is 4.42 Å². The largest absolute Gasteiger partial charge is 0.437 e. The van der Waals surface area contributed by atoms with Crippen molar-refractivity contribution in [2.75, 3.05) is 0 Å². The molecule has 3 aromatic heterocycles. The fourth-order valence-electron chi connectivity index (χ4n) is 5.53. The van der Waals surface area contributed by atoms with Gasteiger partial charge in [-0.25, -0.2) is 9.55 Å². The van der Waals surface area contributed by atoms with Crippen LogP contribution in [0.1, 0.15) is 69.1 Å². The van der Waals surface area contributed by atoms with E-state index < -0.39 is 44.6 Å². The summed E-state index contributed by atoms with van der Waals surface area (Å²) in [6, 6.07) is 14.5. The van der Waals surface area contributed by atoms with Crippen LogP contribution in [0.25, 0.3) is 44.5 Å². The molecule has 0 saturated heterocycles. The van der Waals surface area contributed by atoms with Gasteiger partial charge in [-0.1, -0.05) is 63.9 Å². The van der Waals surface area contributed by atoms with Crippen molar-refractivity contribution in [1.82, 2.24) is 4.98 Å². The second-order valence-electron chi connectivity index (χ2n) is 9.18. The van der Waals surface area contributed by atoms with E-state index in [1.54, 1.807) is 41.9 Å². The Morgan fingerprint density at radius 1 is 1.00 bits per heavy atom. The SMILES string of the molecule is [2H]C([2H])([2H])c1ccc(-c2c(C)ccc3c2oc2nc4c(cc23)-c2ccccc2C4(C([2H])(C)C([2H])([2H])[2H])C([2H])(C([2H])([2H])[2H])C([2H])([2H])[2H])[n+](C)c1. The first kappa shape index (κ1) is 11.5. The second kappa shape index (κ2) is 7.52. The van der Waals surface area contributed by atoms with E-state index in [9.17, 15) is 2.74 Å². The number of fused-ring (bicyclic) bond motifs is 6. The van der Waals surface area contributed by atoms with E-state index in [4.69, 9.17) is 25.9 Å². The van der Waals surface area contributed by atoms with Crippen molar-refractivity contribution < 1.29 is 28.2 Å². The van der Waals surface area contributed by atoms with E-state index in [2.05, 4.69) is 0 Å². The van der Waals surface area contributed by atoms with Crippen LogP contribution in [-0.4, -0.2) is 4.98 Å². The summed E-state index contributed by atoms with van der Waals surface area (Å²) in [7, 11) is 1.70. The lowest BCUT2D eigenvalue weighted by Gasteiger charge is -2.39. The van der Waals surface area contributed by atoms with Crippen molar-refractivity contribution in [1.29, 1.82) is 0 Å². The first-order valence-electron chi connectivity index (χ1n) is 18.3. The van der Waals surface area contributed by atoms with Crippen LogP contribution in [0.4, 0.5) is 0 Å². The third-order valence-corrected chi connectivity index (χ3v) is 7.15. The molecule has 1 aliphatic carbocycles. The molecule has 0 bridgehead atoms. The van der Waals surface area contributed by atoms with Gasteiger partial charge in [-0.05, 0) is 54.4 Å². The van der Waals surface area contributed by atoms with E-state index in [-0.39, 0.29) is 33.7 Å². The number of nitrogens with zero attached hydrogens (tertiary/aromatic N) is 2. The van der Waals surface area contributed by atoms with Crippen LogP contribution in [0.3, 0.4) is 0 Å². The highest BCUT2D eigenvalue weighted by Crippen LogP contribution is 2.56. The minimum atomic E-state index is -3.63. The standard InChI is InChI=1S/C32H33N2O/c1-18(2)32(19(3)4)26-11-9-8-10-22(26)24-16-25-23-14-13-21(6)28(27-15-12-20(5)17-34(27)7)29(23)35-31(25)33-30(24)32/h8-19H,1-7H3/q+1/i1D3,2D3,3D3,5D3,18D,19D. The summed E-state index contributed by atoms with van der Waals surface area (Å²) in [6.07, 6.45) is 1.50. The van der Waals surface area contributed by atoms with Crippen molar-refractivity contribution in [3.05, 3.63) is 83.2 Å². The maximum Gasteiger partial charge on any atom is 0.227 e. The zero-order chi connectivity index (χ0) is 36.5. The number of aryl methyl sites for hydroxylation is 3. The Labute approximate surface area is 227 Å². The zero-order valence-corrected chi connectivity index (χ0v) is 19.6. The summed E-state index contributed by atoms with van der Waals surface area (Å²) in [6.45, 7) is -10.1. The van der Waals surface area contributed by atoms with E-state index in [1.165, 1.54) is 24.4 Å². The van der Waals surface area contributed by atoms with Gasteiger partial charge in [-0.3, -0.25) is 0 Å². The van der Waals surface area contributed by atoms with Crippen molar-refractivity contribution in [2.24, 2.45) is 18.8 Å². The van der Waals surface area contributed by atoms with Crippen LogP contribution in [0.2, 0.25) is 0 Å². The third kappa shape index (κ3) is 2.84. The molecule has 3 nitrogen and oxygen atoms in total. The molecular formula is C32H33N2O+. The molecule has 3 heteroatoms. The summed E-state index contributed by atoms with van der Waals surface area (Å²) >= 11 is 0. The van der Waals surface area contributed by atoms with Crippen LogP contribution in [0.15, 0.2) is 65.2 Å². The Bertz CT molecular complexity index is 2140. The van der Waals surface area contributed by atoms with Gasteiger partial charge in [-0.15, -0.1) is 0 Å². The fraction of sp³-hybridized carbons (Fsp3) is 0.312. The molecule has 0 amide bonds. The Morgan fingerprint density at radius 2 is 1.83 bits per heavy atom. The molecule has 5 aromatic rings. The molecule has 2 atom stereocenters. The molecule has 3 heterocycles. The van der Waals surface area contributed by atoms with Crippen molar-refractivity contribution >= 4 is 22.1 Å². The van der Waals surface area contributed by atoms with E-state index in [0.29, 0.717) is 27.6 Å². The Kier molecular flexibility index (Phi) is 2.47. The molecule has 0 spiro atoms. The van der Waals surface area contributed by atoms with Gasteiger partial charge in [0, 0.05) is 52.6 Å². The molecule has 176 valence electrons. The molecule has 0 fully saturated rings. The third-order valence-electron chi connectivity index (χ3n) is 7.15. The number of hydrogen-bond donors (Lipinski definition) is 0. The summed E-state index contributed by atoms with van der Waals surface area (Å²) < 4.78 is 127. The number of pyridine rings is 2. The van der Waals surface area contributed by atoms with Gasteiger partial charge in [0.25, 0.3) is 0 Å². The van der Waals surface area contributed by atoms with Gasteiger partial charge in [0.2, 0.25) is 11.4 Å². The predicted molar refractivity (Wildman–Crippen MR) is 143 cm³/mol.